The molecule has 0 aliphatic heterocycles. The maximum Gasteiger partial charge on any atom is 0.221 e. The lowest BCUT2D eigenvalue weighted by atomic mass is 10.3. The Labute approximate surface area is 117 Å². The van der Waals surface area contributed by atoms with Crippen molar-refractivity contribution < 1.29 is 4.74 Å². The zero-order valence-electron chi connectivity index (χ0n) is 11.4. The van der Waals surface area contributed by atoms with Crippen molar-refractivity contribution in [3.63, 3.8) is 0 Å². The molecule has 0 bridgehead atoms. The van der Waals surface area contributed by atoms with Crippen LogP contribution in [0.2, 0.25) is 0 Å². The van der Waals surface area contributed by atoms with E-state index in [9.17, 15) is 0 Å². The van der Waals surface area contributed by atoms with Crippen molar-refractivity contribution in [1.29, 1.82) is 0 Å². The molecule has 0 aliphatic carbocycles. The predicted octanol–water partition coefficient (Wildman–Crippen LogP) is 3.68. The third kappa shape index (κ3) is 2.54. The van der Waals surface area contributed by atoms with Gasteiger partial charge in [-0.3, -0.25) is 0 Å². The Morgan fingerprint density at radius 2 is 1.75 bits per heavy atom. The molecule has 0 saturated heterocycles. The molecule has 20 heavy (non-hydrogen) atoms. The topological polar surface area (TPSA) is 39.9 Å². The van der Waals surface area contributed by atoms with Gasteiger partial charge in [-0.05, 0) is 38.1 Å². The summed E-state index contributed by atoms with van der Waals surface area (Å²) >= 11 is 0. The molecule has 0 aliphatic rings. The summed E-state index contributed by atoms with van der Waals surface area (Å²) in [6.07, 6.45) is 0. The van der Waals surface area contributed by atoms with Crippen LogP contribution in [0.3, 0.4) is 0 Å². The first-order valence-corrected chi connectivity index (χ1v) is 6.46. The average molecular weight is 265 g/mol. The maximum absolute atomic E-state index is 5.73. The highest BCUT2D eigenvalue weighted by Crippen LogP contribution is 2.20. The lowest BCUT2D eigenvalue weighted by Gasteiger charge is -2.07. The van der Waals surface area contributed by atoms with Gasteiger partial charge >= 0.3 is 0 Å². The lowest BCUT2D eigenvalue weighted by molar-refractivity contribution is 0.461. The zero-order valence-corrected chi connectivity index (χ0v) is 11.4. The third-order valence-corrected chi connectivity index (χ3v) is 2.90. The fourth-order valence-corrected chi connectivity index (χ4v) is 2.05. The Bertz CT molecular complexity index is 720. The number of pyridine rings is 1. The summed E-state index contributed by atoms with van der Waals surface area (Å²) < 4.78 is 7.55. The summed E-state index contributed by atoms with van der Waals surface area (Å²) in [5.74, 6) is 2.08. The Hall–Kier alpha value is -2.62. The molecule has 0 radical (unpaired) electrons. The van der Waals surface area contributed by atoms with Crippen LogP contribution in [0.15, 0.2) is 54.6 Å². The molecule has 100 valence electrons. The van der Waals surface area contributed by atoms with Crippen molar-refractivity contribution in [2.45, 2.75) is 13.8 Å². The van der Waals surface area contributed by atoms with Crippen molar-refractivity contribution in [2.75, 3.05) is 0 Å². The second kappa shape index (κ2) is 5.17. The average Bonchev–Trinajstić information content (AvgIpc) is 2.79. The first-order chi connectivity index (χ1) is 9.72. The standard InChI is InChI=1S/C16H15N3O/c1-12-11-13(2)19(18-12)15-9-6-10-16(17-15)20-14-7-4-3-5-8-14/h3-11H,1-2H3. The number of hydrogen-bond acceptors (Lipinski definition) is 3. The number of hydrogen-bond donors (Lipinski definition) is 0. The van der Waals surface area contributed by atoms with Gasteiger partial charge in [-0.1, -0.05) is 24.3 Å². The van der Waals surface area contributed by atoms with E-state index in [2.05, 4.69) is 10.1 Å². The summed E-state index contributed by atoms with van der Waals surface area (Å²) in [7, 11) is 0. The number of benzene rings is 1. The van der Waals surface area contributed by atoms with Gasteiger partial charge in [0.15, 0.2) is 5.82 Å². The summed E-state index contributed by atoms with van der Waals surface area (Å²) in [6.45, 7) is 3.97. The number of para-hydroxylation sites is 1. The molecule has 2 heterocycles. The second-order valence-corrected chi connectivity index (χ2v) is 4.59. The molecule has 1 aromatic carbocycles. The van der Waals surface area contributed by atoms with E-state index in [0.29, 0.717) is 5.88 Å². The van der Waals surface area contributed by atoms with Gasteiger partial charge in [0, 0.05) is 11.8 Å². The fraction of sp³-hybridized carbons (Fsp3) is 0.125. The summed E-state index contributed by atoms with van der Waals surface area (Å²) in [5.41, 5.74) is 2.02. The molecule has 0 spiro atoms. The Balaban J connectivity index is 1.92. The highest BCUT2D eigenvalue weighted by Gasteiger charge is 2.06. The van der Waals surface area contributed by atoms with Gasteiger partial charge in [-0.25, -0.2) is 4.68 Å². The van der Waals surface area contributed by atoms with Gasteiger partial charge in [-0.2, -0.15) is 10.1 Å². The van der Waals surface area contributed by atoms with Crippen molar-refractivity contribution >= 4 is 0 Å². The summed E-state index contributed by atoms with van der Waals surface area (Å²) in [6, 6.07) is 17.3. The van der Waals surface area contributed by atoms with Gasteiger partial charge in [0.1, 0.15) is 5.75 Å². The molecule has 2 aromatic heterocycles. The van der Waals surface area contributed by atoms with E-state index >= 15 is 0 Å². The number of aryl methyl sites for hydroxylation is 2. The molecule has 0 unspecified atom stereocenters. The molecule has 4 heteroatoms. The smallest absolute Gasteiger partial charge is 0.221 e. The quantitative estimate of drug-likeness (QED) is 0.725. The van der Waals surface area contributed by atoms with Gasteiger partial charge in [0.2, 0.25) is 5.88 Å². The molecular formula is C16H15N3O. The van der Waals surface area contributed by atoms with Crippen LogP contribution in [0.4, 0.5) is 0 Å². The molecule has 4 nitrogen and oxygen atoms in total. The molecule has 0 atom stereocenters. The minimum Gasteiger partial charge on any atom is -0.439 e. The van der Waals surface area contributed by atoms with E-state index < -0.39 is 0 Å². The lowest BCUT2D eigenvalue weighted by Crippen LogP contribution is -2.02. The molecule has 0 amide bonds. The van der Waals surface area contributed by atoms with E-state index in [0.717, 1.165) is 23.0 Å². The Morgan fingerprint density at radius 1 is 0.950 bits per heavy atom. The van der Waals surface area contributed by atoms with E-state index in [1.54, 1.807) is 0 Å². The van der Waals surface area contributed by atoms with E-state index in [1.807, 2.05) is 73.1 Å². The molecule has 0 saturated carbocycles. The van der Waals surface area contributed by atoms with Crippen molar-refractivity contribution in [2.24, 2.45) is 0 Å². The number of aromatic nitrogens is 3. The van der Waals surface area contributed by atoms with Gasteiger partial charge in [0.25, 0.3) is 0 Å². The summed E-state index contributed by atoms with van der Waals surface area (Å²) in [5, 5.41) is 4.43. The SMILES string of the molecule is Cc1cc(C)n(-c2cccc(Oc3ccccc3)n2)n1. The number of ether oxygens (including phenoxy) is 1. The van der Waals surface area contributed by atoms with Gasteiger partial charge < -0.3 is 4.74 Å². The van der Waals surface area contributed by atoms with E-state index in [1.165, 1.54) is 0 Å². The Morgan fingerprint density at radius 3 is 2.45 bits per heavy atom. The third-order valence-electron chi connectivity index (χ3n) is 2.90. The first-order valence-electron chi connectivity index (χ1n) is 6.46. The van der Waals surface area contributed by atoms with Crippen molar-refractivity contribution in [3.8, 4) is 17.4 Å². The maximum atomic E-state index is 5.73. The van der Waals surface area contributed by atoms with Crippen LogP contribution in [-0.4, -0.2) is 14.8 Å². The molecule has 3 rings (SSSR count). The first kappa shape index (κ1) is 12.4. The zero-order chi connectivity index (χ0) is 13.9. The number of rotatable bonds is 3. The van der Waals surface area contributed by atoms with E-state index in [-0.39, 0.29) is 0 Å². The van der Waals surface area contributed by atoms with Crippen LogP contribution >= 0.6 is 0 Å². The Kier molecular flexibility index (Phi) is 3.21. The van der Waals surface area contributed by atoms with Crippen molar-refractivity contribution in [3.05, 3.63) is 66.0 Å². The van der Waals surface area contributed by atoms with Crippen molar-refractivity contribution in [1.82, 2.24) is 14.8 Å². The van der Waals surface area contributed by atoms with Crippen LogP contribution in [0.25, 0.3) is 5.82 Å². The minimum atomic E-state index is 0.557. The largest absolute Gasteiger partial charge is 0.439 e. The molecule has 3 aromatic rings. The van der Waals surface area contributed by atoms with Crippen LogP contribution in [0.1, 0.15) is 11.4 Å². The van der Waals surface area contributed by atoms with Crippen LogP contribution < -0.4 is 4.74 Å². The minimum absolute atomic E-state index is 0.557. The monoisotopic (exact) mass is 265 g/mol. The highest BCUT2D eigenvalue weighted by molar-refractivity contribution is 5.32. The molecular weight excluding hydrogens is 250 g/mol. The van der Waals surface area contributed by atoms with Crippen LogP contribution in [-0.2, 0) is 0 Å². The fourth-order valence-electron chi connectivity index (χ4n) is 2.05. The van der Waals surface area contributed by atoms with Gasteiger partial charge in [0.05, 0.1) is 5.69 Å². The number of nitrogens with zero attached hydrogens (tertiary/aromatic N) is 3. The second-order valence-electron chi connectivity index (χ2n) is 4.59. The van der Waals surface area contributed by atoms with Crippen LogP contribution in [0, 0.1) is 13.8 Å². The van der Waals surface area contributed by atoms with Crippen LogP contribution in [0.5, 0.6) is 11.6 Å². The molecule has 0 fully saturated rings. The normalized spacial score (nSPS) is 10.5. The highest BCUT2D eigenvalue weighted by atomic mass is 16.5. The summed E-state index contributed by atoms with van der Waals surface area (Å²) in [4.78, 5) is 4.49. The predicted molar refractivity (Wildman–Crippen MR) is 77.3 cm³/mol. The van der Waals surface area contributed by atoms with Gasteiger partial charge in [-0.15, -0.1) is 0 Å². The molecule has 0 N–H and O–H groups in total. The van der Waals surface area contributed by atoms with E-state index in [4.69, 9.17) is 4.74 Å².